The van der Waals surface area contributed by atoms with Crippen molar-refractivity contribution in [2.75, 3.05) is 46.1 Å². The van der Waals surface area contributed by atoms with Crippen LogP contribution < -0.4 is 14.8 Å². The predicted molar refractivity (Wildman–Crippen MR) is 130 cm³/mol. The third kappa shape index (κ3) is 7.80. The van der Waals surface area contributed by atoms with E-state index in [4.69, 9.17) is 18.7 Å². The van der Waals surface area contributed by atoms with Gasteiger partial charge in [-0.05, 0) is 48.9 Å². The number of carbonyl (C=O) groups excluding carboxylic acids is 1. The Morgan fingerprint density at radius 3 is 2.71 bits per heavy atom. The zero-order valence-electron chi connectivity index (χ0n) is 20.1. The maximum Gasteiger partial charge on any atom is 0.227 e. The van der Waals surface area contributed by atoms with E-state index in [-0.39, 0.29) is 12.3 Å². The van der Waals surface area contributed by atoms with Crippen molar-refractivity contribution >= 4 is 5.91 Å². The first-order valence-electron chi connectivity index (χ1n) is 12.0. The summed E-state index contributed by atoms with van der Waals surface area (Å²) < 4.78 is 22.0. The van der Waals surface area contributed by atoms with E-state index in [2.05, 4.69) is 20.4 Å². The molecule has 0 saturated carbocycles. The summed E-state index contributed by atoms with van der Waals surface area (Å²) in [6, 6.07) is 15.3. The molecular weight excluding hydrogens is 448 g/mol. The first-order valence-corrected chi connectivity index (χ1v) is 12.0. The van der Waals surface area contributed by atoms with Crippen LogP contribution in [-0.2, 0) is 22.5 Å². The molecule has 35 heavy (non-hydrogen) atoms. The maximum atomic E-state index is 12.3. The molecule has 1 saturated heterocycles. The van der Waals surface area contributed by atoms with Crippen LogP contribution in [0.1, 0.15) is 24.8 Å². The van der Waals surface area contributed by atoms with Gasteiger partial charge in [-0.15, -0.1) is 0 Å². The number of nitrogens with one attached hydrogen (secondary N) is 1. The monoisotopic (exact) mass is 480 g/mol. The van der Waals surface area contributed by atoms with Crippen molar-refractivity contribution in [3.05, 3.63) is 60.0 Å². The van der Waals surface area contributed by atoms with Gasteiger partial charge in [-0.1, -0.05) is 17.3 Å². The van der Waals surface area contributed by atoms with E-state index in [0.717, 1.165) is 55.5 Å². The zero-order valence-corrected chi connectivity index (χ0v) is 20.1. The molecule has 0 unspecified atom stereocenters. The number of nitrogens with zero attached hydrogens (tertiary/aromatic N) is 3. The molecule has 4 rings (SSSR count). The van der Waals surface area contributed by atoms with Crippen molar-refractivity contribution in [3.8, 4) is 22.9 Å². The molecule has 1 aliphatic heterocycles. The molecule has 9 nitrogen and oxygen atoms in total. The Morgan fingerprint density at radius 2 is 1.91 bits per heavy atom. The Labute approximate surface area is 205 Å². The number of ether oxygens (including phenoxy) is 3. The number of amides is 1. The summed E-state index contributed by atoms with van der Waals surface area (Å²) in [5.41, 5.74) is 1.82. The second-order valence-corrected chi connectivity index (χ2v) is 8.20. The molecule has 186 valence electrons. The maximum absolute atomic E-state index is 12.3. The second-order valence-electron chi connectivity index (χ2n) is 8.20. The van der Waals surface area contributed by atoms with Crippen LogP contribution in [-0.4, -0.2) is 67.0 Å². The molecule has 3 aromatic rings. The summed E-state index contributed by atoms with van der Waals surface area (Å²) >= 11 is 0. The Hall–Kier alpha value is -3.43. The SMILES string of the molecule is CCOc1ccc(-c2noc(CCC(=O)NCc3cccc(OCCN4CCOCC4)c3)n2)cc1. The van der Waals surface area contributed by atoms with E-state index in [9.17, 15) is 4.79 Å². The molecule has 9 heteroatoms. The molecule has 2 aromatic carbocycles. The van der Waals surface area contributed by atoms with E-state index in [0.29, 0.717) is 37.9 Å². The fraction of sp³-hybridized carbons (Fsp3) is 0.423. The molecule has 0 atom stereocenters. The average molecular weight is 481 g/mol. The lowest BCUT2D eigenvalue weighted by Gasteiger charge is -2.26. The molecule has 1 fully saturated rings. The van der Waals surface area contributed by atoms with Crippen LogP contribution in [0.25, 0.3) is 11.4 Å². The highest BCUT2D eigenvalue weighted by Gasteiger charge is 2.12. The number of hydrogen-bond donors (Lipinski definition) is 1. The Balaban J connectivity index is 1.18. The zero-order chi connectivity index (χ0) is 24.3. The Morgan fingerprint density at radius 1 is 1.09 bits per heavy atom. The lowest BCUT2D eigenvalue weighted by Crippen LogP contribution is -2.38. The third-order valence-electron chi connectivity index (χ3n) is 5.63. The van der Waals surface area contributed by atoms with Crippen LogP contribution in [0.2, 0.25) is 0 Å². The second kappa shape index (κ2) is 12.9. The fourth-order valence-electron chi connectivity index (χ4n) is 3.71. The van der Waals surface area contributed by atoms with Crippen LogP contribution >= 0.6 is 0 Å². The van der Waals surface area contributed by atoms with Crippen molar-refractivity contribution < 1.29 is 23.5 Å². The van der Waals surface area contributed by atoms with E-state index < -0.39 is 0 Å². The normalized spacial score (nSPS) is 14.0. The third-order valence-corrected chi connectivity index (χ3v) is 5.63. The molecule has 1 aromatic heterocycles. The lowest BCUT2D eigenvalue weighted by atomic mass is 10.2. The number of morpholine rings is 1. The fourth-order valence-corrected chi connectivity index (χ4v) is 3.71. The Kier molecular flexibility index (Phi) is 9.08. The van der Waals surface area contributed by atoms with Crippen LogP contribution in [0, 0.1) is 0 Å². The summed E-state index contributed by atoms with van der Waals surface area (Å²) in [5.74, 6) is 2.44. The average Bonchev–Trinajstić information content (AvgIpc) is 3.37. The van der Waals surface area contributed by atoms with Crippen molar-refractivity contribution in [3.63, 3.8) is 0 Å². The van der Waals surface area contributed by atoms with Crippen molar-refractivity contribution in [2.45, 2.75) is 26.3 Å². The van der Waals surface area contributed by atoms with E-state index >= 15 is 0 Å². The van der Waals surface area contributed by atoms with E-state index in [1.54, 1.807) is 0 Å². The molecule has 1 amide bonds. The number of carbonyl (C=O) groups is 1. The van der Waals surface area contributed by atoms with Gasteiger partial charge in [0, 0.05) is 44.6 Å². The highest BCUT2D eigenvalue weighted by molar-refractivity contribution is 5.76. The molecular formula is C26H32N4O5. The quantitative estimate of drug-likeness (QED) is 0.422. The van der Waals surface area contributed by atoms with Gasteiger partial charge in [0.1, 0.15) is 18.1 Å². The first kappa shape index (κ1) is 24.7. The van der Waals surface area contributed by atoms with Gasteiger partial charge in [0.25, 0.3) is 0 Å². The largest absolute Gasteiger partial charge is 0.494 e. The standard InChI is InChI=1S/C26H32N4O5/c1-2-33-22-8-6-21(7-9-22)26-28-25(35-29-26)11-10-24(31)27-19-20-4-3-5-23(18-20)34-17-14-30-12-15-32-16-13-30/h3-9,18H,2,10-17,19H2,1H3,(H,27,31). The Bertz CT molecular complexity index is 1060. The number of hydrogen-bond acceptors (Lipinski definition) is 8. The number of rotatable bonds is 12. The minimum absolute atomic E-state index is 0.0792. The van der Waals surface area contributed by atoms with Gasteiger partial charge in [-0.3, -0.25) is 9.69 Å². The molecule has 0 aliphatic carbocycles. The minimum Gasteiger partial charge on any atom is -0.494 e. The van der Waals surface area contributed by atoms with Crippen molar-refractivity contribution in [2.24, 2.45) is 0 Å². The summed E-state index contributed by atoms with van der Waals surface area (Å²) in [4.78, 5) is 19.1. The van der Waals surface area contributed by atoms with Crippen LogP contribution in [0.15, 0.2) is 53.1 Å². The molecule has 0 bridgehead atoms. The highest BCUT2D eigenvalue weighted by atomic mass is 16.5. The van der Waals surface area contributed by atoms with Gasteiger partial charge in [0.2, 0.25) is 17.6 Å². The molecule has 2 heterocycles. The summed E-state index contributed by atoms with van der Waals surface area (Å²) in [6.07, 6.45) is 0.640. The van der Waals surface area contributed by atoms with Crippen LogP contribution in [0.4, 0.5) is 0 Å². The van der Waals surface area contributed by atoms with E-state index in [1.807, 2.05) is 55.5 Å². The van der Waals surface area contributed by atoms with Gasteiger partial charge >= 0.3 is 0 Å². The summed E-state index contributed by atoms with van der Waals surface area (Å²) in [6.45, 7) is 7.94. The summed E-state index contributed by atoms with van der Waals surface area (Å²) in [7, 11) is 0. The molecule has 1 aliphatic rings. The van der Waals surface area contributed by atoms with Gasteiger partial charge in [-0.2, -0.15) is 4.98 Å². The first-order chi connectivity index (χ1) is 17.2. The van der Waals surface area contributed by atoms with Crippen LogP contribution in [0.3, 0.4) is 0 Å². The highest BCUT2D eigenvalue weighted by Crippen LogP contribution is 2.20. The predicted octanol–water partition coefficient (Wildman–Crippen LogP) is 3.10. The summed E-state index contributed by atoms with van der Waals surface area (Å²) in [5, 5.41) is 6.96. The lowest BCUT2D eigenvalue weighted by molar-refractivity contribution is -0.121. The number of aromatic nitrogens is 2. The number of benzene rings is 2. The van der Waals surface area contributed by atoms with Crippen molar-refractivity contribution in [1.29, 1.82) is 0 Å². The smallest absolute Gasteiger partial charge is 0.227 e. The van der Waals surface area contributed by atoms with Gasteiger partial charge in [-0.25, -0.2) is 0 Å². The van der Waals surface area contributed by atoms with E-state index in [1.165, 1.54) is 0 Å². The van der Waals surface area contributed by atoms with Crippen LogP contribution in [0.5, 0.6) is 11.5 Å². The molecule has 1 N–H and O–H groups in total. The van der Waals surface area contributed by atoms with Gasteiger partial charge in [0.15, 0.2) is 0 Å². The topological polar surface area (TPSA) is 99.0 Å². The van der Waals surface area contributed by atoms with Gasteiger partial charge < -0.3 is 24.1 Å². The van der Waals surface area contributed by atoms with Crippen molar-refractivity contribution in [1.82, 2.24) is 20.4 Å². The molecule has 0 spiro atoms. The van der Waals surface area contributed by atoms with Gasteiger partial charge in [0.05, 0.1) is 19.8 Å². The molecule has 0 radical (unpaired) electrons. The number of aryl methyl sites for hydroxylation is 1. The minimum atomic E-state index is -0.0792.